The lowest BCUT2D eigenvalue weighted by Gasteiger charge is -2.21. The molecule has 0 saturated heterocycles. The molecule has 0 aliphatic rings. The number of hydrogen-bond acceptors (Lipinski definition) is 2. The molecule has 1 N–H and O–H groups in total. The summed E-state index contributed by atoms with van der Waals surface area (Å²) >= 11 is 4.02. The van der Waals surface area contributed by atoms with Crippen LogP contribution in [0.15, 0.2) is 0 Å². The summed E-state index contributed by atoms with van der Waals surface area (Å²) in [6, 6.07) is 0. The molecule has 2 nitrogen and oxygen atoms in total. The molecule has 0 aromatic heterocycles. The molecule has 0 aliphatic carbocycles. The van der Waals surface area contributed by atoms with Crippen LogP contribution in [0.5, 0.6) is 0 Å². The number of carbonyl (C=O) groups excluding carboxylic acids is 1. The minimum absolute atomic E-state index is 0.149. The Hall–Kier alpha value is -0.180. The molecule has 0 radical (unpaired) electrons. The molecule has 0 saturated carbocycles. The Morgan fingerprint density at radius 3 is 2.54 bits per heavy atom. The van der Waals surface area contributed by atoms with E-state index in [0.717, 1.165) is 12.8 Å². The summed E-state index contributed by atoms with van der Waals surface area (Å²) in [6.45, 7) is 7.22. The average molecular weight is 203 g/mol. The van der Waals surface area contributed by atoms with Gasteiger partial charge in [0.15, 0.2) is 0 Å². The van der Waals surface area contributed by atoms with Crippen molar-refractivity contribution in [1.82, 2.24) is 5.32 Å². The van der Waals surface area contributed by atoms with E-state index in [4.69, 9.17) is 0 Å². The van der Waals surface area contributed by atoms with Crippen molar-refractivity contribution in [3.05, 3.63) is 0 Å². The number of carbonyl (C=O) groups is 1. The van der Waals surface area contributed by atoms with Crippen molar-refractivity contribution in [1.29, 1.82) is 0 Å². The Bertz CT molecular complexity index is 157. The molecular weight excluding hydrogens is 182 g/mol. The maximum absolute atomic E-state index is 11.2. The van der Waals surface area contributed by atoms with Crippen LogP contribution < -0.4 is 5.32 Å². The maximum atomic E-state index is 11.2. The van der Waals surface area contributed by atoms with Crippen LogP contribution in [0.2, 0.25) is 0 Å². The molecule has 13 heavy (non-hydrogen) atoms. The fourth-order valence-electron chi connectivity index (χ4n) is 0.912. The van der Waals surface area contributed by atoms with Gasteiger partial charge >= 0.3 is 0 Å². The quantitative estimate of drug-likeness (QED) is 0.637. The molecule has 0 aliphatic heterocycles. The third-order valence-electron chi connectivity index (χ3n) is 2.42. The lowest BCUT2D eigenvalue weighted by atomic mass is 9.85. The van der Waals surface area contributed by atoms with Gasteiger partial charge in [0.2, 0.25) is 5.91 Å². The van der Waals surface area contributed by atoms with Gasteiger partial charge < -0.3 is 5.32 Å². The normalized spacial score (nSPS) is 11.4. The van der Waals surface area contributed by atoms with Crippen LogP contribution in [0.3, 0.4) is 0 Å². The van der Waals surface area contributed by atoms with E-state index < -0.39 is 0 Å². The second-order valence-electron chi connectivity index (χ2n) is 4.09. The van der Waals surface area contributed by atoms with Gasteiger partial charge in [-0.2, -0.15) is 12.6 Å². The van der Waals surface area contributed by atoms with Crippen molar-refractivity contribution in [2.75, 3.05) is 12.3 Å². The second-order valence-corrected chi connectivity index (χ2v) is 4.54. The molecule has 0 heterocycles. The van der Waals surface area contributed by atoms with Gasteiger partial charge in [0.05, 0.1) is 0 Å². The van der Waals surface area contributed by atoms with Crippen molar-refractivity contribution < 1.29 is 4.79 Å². The van der Waals surface area contributed by atoms with Crippen LogP contribution in [-0.2, 0) is 4.79 Å². The molecule has 0 unspecified atom stereocenters. The van der Waals surface area contributed by atoms with Gasteiger partial charge in [-0.3, -0.25) is 4.79 Å². The zero-order valence-corrected chi connectivity index (χ0v) is 9.79. The highest BCUT2D eigenvalue weighted by Crippen LogP contribution is 2.25. The van der Waals surface area contributed by atoms with Gasteiger partial charge in [0, 0.05) is 18.7 Å². The van der Waals surface area contributed by atoms with E-state index >= 15 is 0 Å². The minimum Gasteiger partial charge on any atom is -0.355 e. The van der Waals surface area contributed by atoms with Crippen LogP contribution in [0.25, 0.3) is 0 Å². The van der Waals surface area contributed by atoms with Gasteiger partial charge in [-0.15, -0.1) is 0 Å². The Labute approximate surface area is 86.9 Å². The molecule has 1 amide bonds. The molecule has 3 heteroatoms. The first-order valence-corrected chi connectivity index (χ1v) is 5.52. The van der Waals surface area contributed by atoms with E-state index in [1.807, 2.05) is 0 Å². The van der Waals surface area contributed by atoms with E-state index in [0.29, 0.717) is 18.7 Å². The maximum Gasteiger partial charge on any atom is 0.220 e. The minimum atomic E-state index is 0.149. The van der Waals surface area contributed by atoms with Crippen molar-refractivity contribution >= 4 is 18.5 Å². The van der Waals surface area contributed by atoms with Crippen molar-refractivity contribution in [3.8, 4) is 0 Å². The highest BCUT2D eigenvalue weighted by molar-refractivity contribution is 7.80. The van der Waals surface area contributed by atoms with Crippen molar-refractivity contribution in [2.24, 2.45) is 5.41 Å². The summed E-state index contributed by atoms with van der Waals surface area (Å²) in [5.74, 6) is 0.860. The third-order valence-corrected chi connectivity index (χ3v) is 2.64. The van der Waals surface area contributed by atoms with E-state index in [1.54, 1.807) is 0 Å². The lowest BCUT2D eigenvalue weighted by Crippen LogP contribution is -2.26. The number of rotatable bonds is 6. The van der Waals surface area contributed by atoms with Gasteiger partial charge in [-0.05, 0) is 11.8 Å². The topological polar surface area (TPSA) is 29.1 Å². The number of hydrogen-bond donors (Lipinski definition) is 2. The zero-order chi connectivity index (χ0) is 10.3. The molecule has 0 bridgehead atoms. The van der Waals surface area contributed by atoms with Crippen LogP contribution >= 0.6 is 12.6 Å². The molecule has 0 fully saturated rings. The van der Waals surface area contributed by atoms with Gasteiger partial charge in [-0.25, -0.2) is 0 Å². The summed E-state index contributed by atoms with van der Waals surface area (Å²) in [4.78, 5) is 11.2. The third kappa shape index (κ3) is 6.94. The summed E-state index contributed by atoms with van der Waals surface area (Å²) in [6.07, 6.45) is 2.71. The predicted octanol–water partition coefficient (Wildman–Crippen LogP) is 2.25. The fourth-order valence-corrected chi connectivity index (χ4v) is 1.02. The van der Waals surface area contributed by atoms with Crippen LogP contribution in [0.4, 0.5) is 0 Å². The lowest BCUT2D eigenvalue weighted by molar-refractivity contribution is -0.121. The summed E-state index contributed by atoms with van der Waals surface area (Å²) in [5, 5.41) is 2.81. The first kappa shape index (κ1) is 12.8. The van der Waals surface area contributed by atoms with Crippen LogP contribution in [0.1, 0.15) is 40.0 Å². The predicted molar refractivity (Wildman–Crippen MR) is 60.2 cm³/mol. The molecular formula is C10H21NOS. The van der Waals surface area contributed by atoms with E-state index in [-0.39, 0.29) is 11.3 Å². The van der Waals surface area contributed by atoms with Crippen LogP contribution in [-0.4, -0.2) is 18.2 Å². The molecule has 0 atom stereocenters. The zero-order valence-electron chi connectivity index (χ0n) is 8.89. The largest absolute Gasteiger partial charge is 0.355 e. The summed E-state index contributed by atoms with van der Waals surface area (Å²) in [7, 11) is 0. The average Bonchev–Trinajstić information content (AvgIpc) is 2.11. The fraction of sp³-hybridized carbons (Fsp3) is 0.900. The first-order chi connectivity index (χ1) is 6.02. The smallest absolute Gasteiger partial charge is 0.220 e. The molecule has 0 spiro atoms. The SMILES string of the molecule is CCC(C)(C)CCC(=O)NCCS. The summed E-state index contributed by atoms with van der Waals surface area (Å²) < 4.78 is 0. The Balaban J connectivity index is 3.57. The molecule has 0 rings (SSSR count). The summed E-state index contributed by atoms with van der Waals surface area (Å²) in [5.41, 5.74) is 0.290. The highest BCUT2D eigenvalue weighted by Gasteiger charge is 2.16. The monoisotopic (exact) mass is 203 g/mol. The van der Waals surface area contributed by atoms with Crippen molar-refractivity contribution in [3.63, 3.8) is 0 Å². The van der Waals surface area contributed by atoms with E-state index in [9.17, 15) is 4.79 Å². The highest BCUT2D eigenvalue weighted by atomic mass is 32.1. The van der Waals surface area contributed by atoms with E-state index in [1.165, 1.54) is 0 Å². The number of amides is 1. The molecule has 0 aromatic carbocycles. The van der Waals surface area contributed by atoms with E-state index in [2.05, 4.69) is 38.7 Å². The Morgan fingerprint density at radius 1 is 1.46 bits per heavy atom. The van der Waals surface area contributed by atoms with Gasteiger partial charge in [0.25, 0.3) is 0 Å². The Morgan fingerprint density at radius 2 is 2.08 bits per heavy atom. The second kappa shape index (κ2) is 6.30. The molecule has 0 aromatic rings. The standard InChI is InChI=1S/C10H21NOS/c1-4-10(2,3)6-5-9(12)11-7-8-13/h13H,4-8H2,1-3H3,(H,11,12). The van der Waals surface area contributed by atoms with Crippen molar-refractivity contribution in [2.45, 2.75) is 40.0 Å². The first-order valence-electron chi connectivity index (χ1n) is 4.89. The molecule has 78 valence electrons. The number of thiol groups is 1. The Kier molecular flexibility index (Phi) is 6.21. The number of nitrogens with one attached hydrogen (secondary N) is 1. The van der Waals surface area contributed by atoms with Crippen LogP contribution in [0, 0.1) is 5.41 Å². The van der Waals surface area contributed by atoms with Gasteiger partial charge in [-0.1, -0.05) is 27.2 Å². The van der Waals surface area contributed by atoms with Gasteiger partial charge in [0.1, 0.15) is 0 Å².